The lowest BCUT2D eigenvalue weighted by Crippen LogP contribution is -2.38. The molecule has 0 radical (unpaired) electrons. The summed E-state index contributed by atoms with van der Waals surface area (Å²) in [6.07, 6.45) is 3.27. The van der Waals surface area contributed by atoms with E-state index in [-0.39, 0.29) is 5.91 Å². The van der Waals surface area contributed by atoms with Crippen LogP contribution in [0, 0.1) is 5.92 Å². The molecule has 2 rings (SSSR count). The molecule has 0 atom stereocenters. The molecule has 0 unspecified atom stereocenters. The van der Waals surface area contributed by atoms with Crippen LogP contribution in [0.25, 0.3) is 0 Å². The molecule has 1 aromatic rings. The van der Waals surface area contributed by atoms with E-state index in [0.717, 1.165) is 37.4 Å². The SMILES string of the molecule is COc1cc(N)cc(CCC(=O)N2CCC(C)CC2)c1OC. The number of piperidine rings is 1. The molecule has 5 heteroatoms. The third kappa shape index (κ3) is 3.84. The Morgan fingerprint density at radius 3 is 2.55 bits per heavy atom. The van der Waals surface area contributed by atoms with Crippen molar-refractivity contribution in [3.05, 3.63) is 17.7 Å². The summed E-state index contributed by atoms with van der Waals surface area (Å²) in [4.78, 5) is 14.3. The average molecular weight is 306 g/mol. The third-order valence-corrected chi connectivity index (χ3v) is 4.32. The molecule has 1 aliphatic heterocycles. The number of carbonyl (C=O) groups is 1. The summed E-state index contributed by atoms with van der Waals surface area (Å²) in [5, 5.41) is 0. The maximum absolute atomic E-state index is 12.3. The number of rotatable bonds is 5. The molecule has 1 aromatic carbocycles. The summed E-state index contributed by atoms with van der Waals surface area (Å²) in [7, 11) is 3.19. The van der Waals surface area contributed by atoms with Crippen molar-refractivity contribution in [2.24, 2.45) is 5.92 Å². The zero-order chi connectivity index (χ0) is 16.1. The van der Waals surface area contributed by atoms with Gasteiger partial charge in [-0.2, -0.15) is 0 Å². The van der Waals surface area contributed by atoms with Crippen LogP contribution in [0.3, 0.4) is 0 Å². The first-order valence-corrected chi connectivity index (χ1v) is 7.83. The summed E-state index contributed by atoms with van der Waals surface area (Å²) >= 11 is 0. The van der Waals surface area contributed by atoms with Crippen molar-refractivity contribution in [3.63, 3.8) is 0 Å². The molecule has 0 aliphatic carbocycles. The predicted octanol–water partition coefficient (Wildman–Crippen LogP) is 2.48. The second kappa shape index (κ2) is 7.38. The number of benzene rings is 1. The van der Waals surface area contributed by atoms with Gasteiger partial charge in [0.15, 0.2) is 11.5 Å². The fourth-order valence-electron chi connectivity index (χ4n) is 2.91. The van der Waals surface area contributed by atoms with Crippen molar-refractivity contribution < 1.29 is 14.3 Å². The first kappa shape index (κ1) is 16.5. The van der Waals surface area contributed by atoms with Gasteiger partial charge in [-0.15, -0.1) is 0 Å². The Balaban J connectivity index is 2.02. The largest absolute Gasteiger partial charge is 0.493 e. The minimum Gasteiger partial charge on any atom is -0.493 e. The zero-order valence-electron chi connectivity index (χ0n) is 13.7. The van der Waals surface area contributed by atoms with E-state index in [9.17, 15) is 4.79 Å². The van der Waals surface area contributed by atoms with Crippen molar-refractivity contribution in [1.29, 1.82) is 0 Å². The number of hydrogen-bond donors (Lipinski definition) is 1. The molecule has 1 heterocycles. The lowest BCUT2D eigenvalue weighted by Gasteiger charge is -2.30. The zero-order valence-corrected chi connectivity index (χ0v) is 13.7. The highest BCUT2D eigenvalue weighted by Crippen LogP contribution is 2.34. The first-order chi connectivity index (χ1) is 10.5. The van der Waals surface area contributed by atoms with Crippen LogP contribution in [0.15, 0.2) is 12.1 Å². The Labute approximate surface area is 132 Å². The van der Waals surface area contributed by atoms with Crippen molar-refractivity contribution >= 4 is 11.6 Å². The molecule has 1 aliphatic rings. The van der Waals surface area contributed by atoms with Gasteiger partial charge in [0.2, 0.25) is 5.91 Å². The Morgan fingerprint density at radius 2 is 1.95 bits per heavy atom. The van der Waals surface area contributed by atoms with Gasteiger partial charge in [0.1, 0.15) is 0 Å². The number of nitrogens with zero attached hydrogens (tertiary/aromatic N) is 1. The van der Waals surface area contributed by atoms with Crippen LogP contribution in [0.1, 0.15) is 31.7 Å². The molecule has 0 aromatic heterocycles. The third-order valence-electron chi connectivity index (χ3n) is 4.32. The van der Waals surface area contributed by atoms with E-state index < -0.39 is 0 Å². The number of anilines is 1. The van der Waals surface area contributed by atoms with Crippen molar-refractivity contribution in [1.82, 2.24) is 4.90 Å². The number of hydrogen-bond acceptors (Lipinski definition) is 4. The molecule has 1 amide bonds. The van der Waals surface area contributed by atoms with E-state index in [2.05, 4.69) is 6.92 Å². The number of ether oxygens (including phenoxy) is 2. The fraction of sp³-hybridized carbons (Fsp3) is 0.588. The number of methoxy groups -OCH3 is 2. The molecule has 0 spiro atoms. The quantitative estimate of drug-likeness (QED) is 0.849. The maximum atomic E-state index is 12.3. The summed E-state index contributed by atoms with van der Waals surface area (Å²) in [5.74, 6) is 2.20. The number of likely N-dealkylation sites (tertiary alicyclic amines) is 1. The summed E-state index contributed by atoms with van der Waals surface area (Å²) in [5.41, 5.74) is 7.42. The number of nitrogen functional groups attached to an aromatic ring is 1. The minimum atomic E-state index is 0.204. The van der Waals surface area contributed by atoms with Crippen LogP contribution in [0.5, 0.6) is 11.5 Å². The van der Waals surface area contributed by atoms with Gasteiger partial charge in [0.05, 0.1) is 14.2 Å². The van der Waals surface area contributed by atoms with Crippen LogP contribution in [-0.2, 0) is 11.2 Å². The Bertz CT molecular complexity index is 523. The van der Waals surface area contributed by atoms with E-state index in [1.807, 2.05) is 11.0 Å². The van der Waals surface area contributed by atoms with E-state index >= 15 is 0 Å². The standard InChI is InChI=1S/C17H26N2O3/c1-12-6-8-19(9-7-12)16(20)5-4-13-10-14(18)11-15(21-2)17(13)22-3/h10-12H,4-9,18H2,1-3H3. The highest BCUT2D eigenvalue weighted by atomic mass is 16.5. The molecule has 22 heavy (non-hydrogen) atoms. The normalized spacial score (nSPS) is 15.7. The smallest absolute Gasteiger partial charge is 0.222 e. The fourth-order valence-corrected chi connectivity index (χ4v) is 2.91. The van der Waals surface area contributed by atoms with E-state index in [1.54, 1.807) is 20.3 Å². The maximum Gasteiger partial charge on any atom is 0.222 e. The average Bonchev–Trinajstić information content (AvgIpc) is 2.52. The second-order valence-corrected chi connectivity index (χ2v) is 5.98. The van der Waals surface area contributed by atoms with Gasteiger partial charge in [-0.3, -0.25) is 4.79 Å². The van der Waals surface area contributed by atoms with E-state index in [0.29, 0.717) is 30.0 Å². The Kier molecular flexibility index (Phi) is 5.52. The van der Waals surface area contributed by atoms with Gasteiger partial charge in [-0.05, 0) is 31.2 Å². The predicted molar refractivity (Wildman–Crippen MR) is 87.3 cm³/mol. The van der Waals surface area contributed by atoms with Crippen molar-refractivity contribution in [3.8, 4) is 11.5 Å². The molecule has 1 saturated heterocycles. The van der Waals surface area contributed by atoms with Crippen LogP contribution in [0.4, 0.5) is 5.69 Å². The lowest BCUT2D eigenvalue weighted by atomic mass is 9.98. The van der Waals surface area contributed by atoms with Gasteiger partial charge < -0.3 is 20.1 Å². The highest BCUT2D eigenvalue weighted by molar-refractivity contribution is 5.76. The molecule has 2 N–H and O–H groups in total. The Morgan fingerprint density at radius 1 is 1.27 bits per heavy atom. The monoisotopic (exact) mass is 306 g/mol. The summed E-state index contributed by atoms with van der Waals surface area (Å²) in [6.45, 7) is 3.99. The van der Waals surface area contributed by atoms with Crippen molar-refractivity contribution in [2.45, 2.75) is 32.6 Å². The molecule has 122 valence electrons. The number of aryl methyl sites for hydroxylation is 1. The van der Waals surface area contributed by atoms with Crippen LogP contribution >= 0.6 is 0 Å². The van der Waals surface area contributed by atoms with E-state index in [1.165, 1.54) is 0 Å². The van der Waals surface area contributed by atoms with Crippen LogP contribution in [0.2, 0.25) is 0 Å². The number of amides is 1. The molecule has 0 saturated carbocycles. The van der Waals surface area contributed by atoms with Gasteiger partial charge in [0, 0.05) is 36.8 Å². The highest BCUT2D eigenvalue weighted by Gasteiger charge is 2.21. The molecule has 1 fully saturated rings. The van der Waals surface area contributed by atoms with Gasteiger partial charge in [0.25, 0.3) is 0 Å². The van der Waals surface area contributed by atoms with Crippen molar-refractivity contribution in [2.75, 3.05) is 33.0 Å². The summed E-state index contributed by atoms with van der Waals surface area (Å²) in [6, 6.07) is 3.59. The Hall–Kier alpha value is -1.91. The van der Waals surface area contributed by atoms with Crippen LogP contribution < -0.4 is 15.2 Å². The lowest BCUT2D eigenvalue weighted by molar-refractivity contribution is -0.132. The van der Waals surface area contributed by atoms with Gasteiger partial charge >= 0.3 is 0 Å². The van der Waals surface area contributed by atoms with Gasteiger partial charge in [-0.1, -0.05) is 6.92 Å². The number of carbonyl (C=O) groups excluding carboxylic acids is 1. The topological polar surface area (TPSA) is 64.8 Å². The minimum absolute atomic E-state index is 0.204. The molecule has 0 bridgehead atoms. The van der Waals surface area contributed by atoms with E-state index in [4.69, 9.17) is 15.2 Å². The van der Waals surface area contributed by atoms with Crippen LogP contribution in [-0.4, -0.2) is 38.1 Å². The summed E-state index contributed by atoms with van der Waals surface area (Å²) < 4.78 is 10.7. The molecular formula is C17H26N2O3. The second-order valence-electron chi connectivity index (χ2n) is 5.98. The number of nitrogens with two attached hydrogens (primary N) is 1. The molecular weight excluding hydrogens is 280 g/mol. The first-order valence-electron chi connectivity index (χ1n) is 7.83. The molecule has 5 nitrogen and oxygen atoms in total. The van der Waals surface area contributed by atoms with Gasteiger partial charge in [-0.25, -0.2) is 0 Å².